The quantitative estimate of drug-likeness (QED) is 0.118. The van der Waals surface area contributed by atoms with Gasteiger partial charge in [-0.05, 0) is 38.1 Å². The molecule has 1 aromatic carbocycles. The number of rotatable bonds is 17. The van der Waals surface area contributed by atoms with Crippen molar-refractivity contribution in [2.75, 3.05) is 46.9 Å². The minimum absolute atomic E-state index is 0.0519. The standard InChI is InChI=1S/C30H40N5O12P/c1-19(29(38)42-5)34-48(39,47-20-9-7-6-8-10-20)43-17-30(2)27(45-24(37)14-16-41-4)26(44-23(36)13-15-40-3)25(46-30)21-11-12-22-28(31)32-18-33-35(21)22/h6-12,18-19,25-27H,13-17H2,1-5H3,(H,34,39)(H2,31,32,33)/t19-,25-,26-,27-,30+,48-/m0/s1. The Hall–Kier alpha value is -4.12. The van der Waals surface area contributed by atoms with Crippen molar-refractivity contribution in [1.82, 2.24) is 19.7 Å². The second kappa shape index (κ2) is 16.3. The normalized spacial score (nSPS) is 22.5. The van der Waals surface area contributed by atoms with Crippen LogP contribution in [0.3, 0.4) is 0 Å². The number of benzene rings is 1. The number of aromatic nitrogens is 3. The van der Waals surface area contributed by atoms with Crippen LogP contribution in [0.5, 0.6) is 5.75 Å². The maximum absolute atomic E-state index is 14.2. The second-order valence-corrected chi connectivity index (χ2v) is 12.6. The second-order valence-electron chi connectivity index (χ2n) is 11.0. The molecule has 1 aliphatic rings. The molecule has 1 saturated heterocycles. The largest absolute Gasteiger partial charge is 0.468 e. The molecule has 4 rings (SSSR count). The van der Waals surface area contributed by atoms with Gasteiger partial charge in [0.15, 0.2) is 18.0 Å². The summed E-state index contributed by atoms with van der Waals surface area (Å²) in [6, 6.07) is 10.3. The van der Waals surface area contributed by atoms with E-state index in [9.17, 15) is 18.9 Å². The molecule has 2 aromatic heterocycles. The van der Waals surface area contributed by atoms with E-state index >= 15 is 0 Å². The summed E-state index contributed by atoms with van der Waals surface area (Å²) in [6.45, 7) is 2.52. The van der Waals surface area contributed by atoms with Crippen LogP contribution in [0, 0.1) is 0 Å². The molecule has 6 atom stereocenters. The third kappa shape index (κ3) is 8.86. The number of carbonyl (C=O) groups is 3. The first-order valence-corrected chi connectivity index (χ1v) is 16.5. The van der Waals surface area contributed by atoms with E-state index in [2.05, 4.69) is 15.2 Å². The van der Waals surface area contributed by atoms with Gasteiger partial charge in [0.05, 0.1) is 45.5 Å². The van der Waals surface area contributed by atoms with E-state index in [0.29, 0.717) is 11.2 Å². The van der Waals surface area contributed by atoms with E-state index < -0.39 is 62.2 Å². The van der Waals surface area contributed by atoms with Crippen LogP contribution < -0.4 is 15.3 Å². The first kappa shape index (κ1) is 36.7. The van der Waals surface area contributed by atoms with Crippen molar-refractivity contribution in [2.45, 2.75) is 56.6 Å². The molecule has 3 heterocycles. The van der Waals surface area contributed by atoms with Crippen LogP contribution in [0.25, 0.3) is 5.52 Å². The first-order chi connectivity index (χ1) is 22.9. The van der Waals surface area contributed by atoms with Crippen LogP contribution >= 0.6 is 7.75 Å². The van der Waals surface area contributed by atoms with Gasteiger partial charge in [0.25, 0.3) is 0 Å². The third-order valence-electron chi connectivity index (χ3n) is 7.34. The molecule has 18 heteroatoms. The van der Waals surface area contributed by atoms with E-state index in [1.807, 2.05) is 0 Å². The number of esters is 3. The highest BCUT2D eigenvalue weighted by molar-refractivity contribution is 7.52. The van der Waals surface area contributed by atoms with Crippen molar-refractivity contribution >= 4 is 37.0 Å². The fourth-order valence-electron chi connectivity index (χ4n) is 4.95. The van der Waals surface area contributed by atoms with Crippen LogP contribution in [0.2, 0.25) is 0 Å². The number of nitrogen functional groups attached to an aromatic ring is 1. The molecule has 0 spiro atoms. The van der Waals surface area contributed by atoms with Crippen molar-refractivity contribution in [2.24, 2.45) is 0 Å². The van der Waals surface area contributed by atoms with Gasteiger partial charge in [-0.15, -0.1) is 0 Å². The van der Waals surface area contributed by atoms with E-state index in [4.69, 9.17) is 43.2 Å². The van der Waals surface area contributed by atoms with E-state index in [0.717, 1.165) is 0 Å². The summed E-state index contributed by atoms with van der Waals surface area (Å²) in [7, 11) is -0.340. The molecule has 0 saturated carbocycles. The van der Waals surface area contributed by atoms with Gasteiger partial charge in [-0.2, -0.15) is 10.2 Å². The van der Waals surface area contributed by atoms with Gasteiger partial charge in [-0.25, -0.2) is 14.1 Å². The molecule has 262 valence electrons. The number of para-hydroxylation sites is 1. The lowest BCUT2D eigenvalue weighted by atomic mass is 9.96. The zero-order chi connectivity index (χ0) is 34.9. The summed E-state index contributed by atoms with van der Waals surface area (Å²) in [5.41, 5.74) is 5.24. The van der Waals surface area contributed by atoms with Crippen molar-refractivity contribution in [1.29, 1.82) is 0 Å². The van der Waals surface area contributed by atoms with Gasteiger partial charge in [0.2, 0.25) is 0 Å². The number of carbonyl (C=O) groups excluding carboxylic acids is 3. The average molecular weight is 694 g/mol. The number of nitrogens with one attached hydrogen (secondary N) is 1. The van der Waals surface area contributed by atoms with Gasteiger partial charge >= 0.3 is 25.7 Å². The smallest absolute Gasteiger partial charge is 0.459 e. The molecule has 17 nitrogen and oxygen atoms in total. The van der Waals surface area contributed by atoms with Gasteiger partial charge in [0, 0.05) is 14.2 Å². The molecule has 3 aromatic rings. The predicted octanol–water partition coefficient (Wildman–Crippen LogP) is 2.39. The summed E-state index contributed by atoms with van der Waals surface area (Å²) < 4.78 is 60.5. The highest BCUT2D eigenvalue weighted by Crippen LogP contribution is 2.50. The third-order valence-corrected chi connectivity index (χ3v) is 8.96. The summed E-state index contributed by atoms with van der Waals surface area (Å²) in [6.07, 6.45) is -2.71. The number of hydrogen-bond acceptors (Lipinski definition) is 15. The number of fused-ring (bicyclic) bond motifs is 1. The number of nitrogens with two attached hydrogens (primary N) is 1. The Balaban J connectivity index is 1.75. The lowest BCUT2D eigenvalue weighted by Gasteiger charge is -2.32. The Kier molecular flexibility index (Phi) is 12.5. The first-order valence-electron chi connectivity index (χ1n) is 14.9. The summed E-state index contributed by atoms with van der Waals surface area (Å²) in [4.78, 5) is 42.3. The molecule has 48 heavy (non-hydrogen) atoms. The van der Waals surface area contributed by atoms with Crippen LogP contribution in [0.4, 0.5) is 5.82 Å². The summed E-state index contributed by atoms with van der Waals surface area (Å²) >= 11 is 0. The molecule has 1 aliphatic heterocycles. The van der Waals surface area contributed by atoms with E-state index in [1.54, 1.807) is 42.5 Å². The van der Waals surface area contributed by atoms with E-state index in [1.165, 1.54) is 46.0 Å². The van der Waals surface area contributed by atoms with Crippen molar-refractivity contribution in [3.63, 3.8) is 0 Å². The Morgan fingerprint density at radius 3 is 2.35 bits per heavy atom. The minimum Gasteiger partial charge on any atom is -0.468 e. The SMILES string of the molecule is COCCC(=O)O[C@H]1[C@H](c2ccc3c(N)ncnn23)O[C@](C)(CO[P@@](=O)(N[C@@H](C)C(=O)OC)Oc2ccccc2)[C@H]1OC(=O)CCOC. The van der Waals surface area contributed by atoms with Crippen LogP contribution in [0.15, 0.2) is 48.8 Å². The number of anilines is 1. The van der Waals surface area contributed by atoms with Crippen LogP contribution in [-0.2, 0) is 51.9 Å². The Morgan fingerprint density at radius 1 is 1.04 bits per heavy atom. The summed E-state index contributed by atoms with van der Waals surface area (Å²) in [5.74, 6) is -1.73. The van der Waals surface area contributed by atoms with Crippen molar-refractivity contribution < 1.29 is 56.4 Å². The molecular formula is C30H40N5O12P. The lowest BCUT2D eigenvalue weighted by Crippen LogP contribution is -2.48. The van der Waals surface area contributed by atoms with Gasteiger partial charge in [0.1, 0.15) is 35.3 Å². The highest BCUT2D eigenvalue weighted by atomic mass is 31.2. The van der Waals surface area contributed by atoms with Crippen LogP contribution in [0.1, 0.15) is 38.5 Å². The Morgan fingerprint density at radius 2 is 1.71 bits per heavy atom. The van der Waals surface area contributed by atoms with Crippen molar-refractivity contribution in [3.8, 4) is 5.75 Å². The average Bonchev–Trinajstić information content (AvgIpc) is 3.61. The number of nitrogens with zero attached hydrogens (tertiary/aromatic N) is 3. The molecule has 0 unspecified atom stereocenters. The topological polar surface area (TPSA) is 210 Å². The Bertz CT molecular complexity index is 1610. The molecule has 0 amide bonds. The van der Waals surface area contributed by atoms with E-state index in [-0.39, 0.29) is 37.6 Å². The number of ether oxygens (including phenoxy) is 6. The molecular weight excluding hydrogens is 653 g/mol. The minimum atomic E-state index is -4.38. The van der Waals surface area contributed by atoms with Gasteiger partial charge < -0.3 is 38.7 Å². The van der Waals surface area contributed by atoms with Crippen LogP contribution in [-0.4, -0.2) is 97.5 Å². The van der Waals surface area contributed by atoms with Crippen molar-refractivity contribution in [3.05, 3.63) is 54.5 Å². The molecule has 0 bridgehead atoms. The van der Waals surface area contributed by atoms with Gasteiger partial charge in [-0.1, -0.05) is 18.2 Å². The van der Waals surface area contributed by atoms with Gasteiger partial charge in [-0.3, -0.25) is 18.9 Å². The molecule has 0 radical (unpaired) electrons. The molecule has 0 aliphatic carbocycles. The lowest BCUT2D eigenvalue weighted by molar-refractivity contribution is -0.173. The zero-order valence-corrected chi connectivity index (χ0v) is 28.1. The number of methoxy groups -OCH3 is 3. The molecule has 3 N–H and O–H groups in total. The summed E-state index contributed by atoms with van der Waals surface area (Å²) in [5, 5.41) is 6.86. The highest BCUT2D eigenvalue weighted by Gasteiger charge is 2.59. The Labute approximate surface area is 276 Å². The fraction of sp³-hybridized carbons (Fsp3) is 0.500. The maximum atomic E-state index is 14.2. The monoisotopic (exact) mass is 693 g/mol. The zero-order valence-electron chi connectivity index (χ0n) is 27.2. The molecule has 1 fully saturated rings. The number of hydrogen-bond donors (Lipinski definition) is 2. The fourth-order valence-corrected chi connectivity index (χ4v) is 6.54. The maximum Gasteiger partial charge on any atom is 0.459 e. The predicted molar refractivity (Wildman–Crippen MR) is 168 cm³/mol.